The molecule has 0 saturated carbocycles. The van der Waals surface area contributed by atoms with E-state index in [-0.39, 0.29) is 5.97 Å². The molecule has 0 bridgehead atoms. The fraction of sp³-hybridized carbons (Fsp3) is 0.385. The van der Waals surface area contributed by atoms with Crippen molar-refractivity contribution in [3.8, 4) is 0 Å². The lowest BCUT2D eigenvalue weighted by molar-refractivity contribution is -0.143. The molecule has 0 heterocycles. The minimum atomic E-state index is -0.486. The van der Waals surface area contributed by atoms with Crippen LogP contribution in [0.4, 0.5) is 5.69 Å². The Bertz CT molecular complexity index is 458. The molecule has 0 aliphatic heterocycles. The fourth-order valence-electron chi connectivity index (χ4n) is 1.55. The third kappa shape index (κ3) is 3.48. The SMILES string of the molecule is CCOC(=O)[C@H](C)Nc1ccc(C)c(C(N)=O)c1. The van der Waals surface area contributed by atoms with Crippen molar-refractivity contribution < 1.29 is 14.3 Å². The lowest BCUT2D eigenvalue weighted by Gasteiger charge is -2.15. The van der Waals surface area contributed by atoms with Crippen molar-refractivity contribution in [1.29, 1.82) is 0 Å². The molecule has 0 spiro atoms. The van der Waals surface area contributed by atoms with Crippen LogP contribution in [0.5, 0.6) is 0 Å². The third-order valence-electron chi connectivity index (χ3n) is 2.53. The van der Waals surface area contributed by atoms with Crippen molar-refractivity contribution in [2.45, 2.75) is 26.8 Å². The van der Waals surface area contributed by atoms with Crippen molar-refractivity contribution in [3.63, 3.8) is 0 Å². The number of carbonyl (C=O) groups is 2. The van der Waals surface area contributed by atoms with Gasteiger partial charge in [-0.25, -0.2) is 4.79 Å². The van der Waals surface area contributed by atoms with E-state index in [9.17, 15) is 9.59 Å². The highest BCUT2D eigenvalue weighted by molar-refractivity contribution is 5.95. The van der Waals surface area contributed by atoms with E-state index >= 15 is 0 Å². The molecule has 3 N–H and O–H groups in total. The maximum absolute atomic E-state index is 11.5. The molecule has 1 atom stereocenters. The zero-order chi connectivity index (χ0) is 13.7. The number of hydrogen-bond donors (Lipinski definition) is 2. The number of primary amides is 1. The first kappa shape index (κ1) is 14.0. The first-order valence-corrected chi connectivity index (χ1v) is 5.79. The summed E-state index contributed by atoms with van der Waals surface area (Å²) in [6, 6.07) is 4.72. The molecule has 1 amide bonds. The van der Waals surface area contributed by atoms with Gasteiger partial charge in [0.05, 0.1) is 6.61 Å². The molecule has 0 radical (unpaired) electrons. The van der Waals surface area contributed by atoms with Crippen molar-refractivity contribution in [3.05, 3.63) is 29.3 Å². The summed E-state index contributed by atoms with van der Waals surface area (Å²) in [4.78, 5) is 22.7. The Morgan fingerprint density at radius 3 is 2.67 bits per heavy atom. The maximum atomic E-state index is 11.5. The minimum Gasteiger partial charge on any atom is -0.464 e. The van der Waals surface area contributed by atoms with Gasteiger partial charge < -0.3 is 15.8 Å². The zero-order valence-corrected chi connectivity index (χ0v) is 10.8. The average Bonchev–Trinajstić information content (AvgIpc) is 2.31. The molecule has 1 aromatic carbocycles. The van der Waals surface area contributed by atoms with Crippen molar-refractivity contribution in [2.75, 3.05) is 11.9 Å². The summed E-state index contributed by atoms with van der Waals surface area (Å²) in [5.41, 5.74) is 7.17. The Hall–Kier alpha value is -2.04. The number of nitrogens with two attached hydrogens (primary N) is 1. The van der Waals surface area contributed by atoms with Crippen LogP contribution in [-0.4, -0.2) is 24.5 Å². The summed E-state index contributed by atoms with van der Waals surface area (Å²) in [5, 5.41) is 2.97. The number of hydrogen-bond acceptors (Lipinski definition) is 4. The van der Waals surface area contributed by atoms with Crippen LogP contribution in [0.1, 0.15) is 29.8 Å². The first-order valence-electron chi connectivity index (χ1n) is 5.79. The monoisotopic (exact) mass is 250 g/mol. The largest absolute Gasteiger partial charge is 0.464 e. The standard InChI is InChI=1S/C13H18N2O3/c1-4-18-13(17)9(3)15-10-6-5-8(2)11(7-10)12(14)16/h5-7,9,15H,4H2,1-3H3,(H2,14,16)/t9-/m0/s1. The van der Waals surface area contributed by atoms with Gasteiger partial charge in [0.1, 0.15) is 6.04 Å². The molecular weight excluding hydrogens is 232 g/mol. The number of ether oxygens (including phenoxy) is 1. The molecule has 0 aliphatic carbocycles. The Balaban J connectivity index is 2.82. The van der Waals surface area contributed by atoms with E-state index in [0.717, 1.165) is 5.56 Å². The third-order valence-corrected chi connectivity index (χ3v) is 2.53. The highest BCUT2D eigenvalue weighted by Crippen LogP contribution is 2.16. The van der Waals surface area contributed by atoms with Gasteiger partial charge in [-0.15, -0.1) is 0 Å². The lowest BCUT2D eigenvalue weighted by atomic mass is 10.1. The molecule has 0 fully saturated rings. The van der Waals surface area contributed by atoms with E-state index in [1.54, 1.807) is 39.0 Å². The minimum absolute atomic E-state index is 0.335. The van der Waals surface area contributed by atoms with Crippen molar-refractivity contribution in [2.24, 2.45) is 5.73 Å². The van der Waals surface area contributed by atoms with Crippen molar-refractivity contribution >= 4 is 17.6 Å². The number of nitrogens with one attached hydrogen (secondary N) is 1. The number of aryl methyl sites for hydroxylation is 1. The van der Waals surface area contributed by atoms with Crippen molar-refractivity contribution in [1.82, 2.24) is 0 Å². The molecule has 5 heteroatoms. The Labute approximate surface area is 106 Å². The van der Waals surface area contributed by atoms with Gasteiger partial charge in [0.25, 0.3) is 0 Å². The van der Waals surface area contributed by atoms with Gasteiger partial charge in [0.15, 0.2) is 0 Å². The number of rotatable bonds is 5. The molecule has 98 valence electrons. The smallest absolute Gasteiger partial charge is 0.328 e. The number of carbonyl (C=O) groups excluding carboxylic acids is 2. The molecule has 1 aromatic rings. The van der Waals surface area contributed by atoms with E-state index < -0.39 is 11.9 Å². The molecule has 0 unspecified atom stereocenters. The first-order chi connectivity index (χ1) is 8.45. The van der Waals surface area contributed by atoms with Crippen LogP contribution in [0.15, 0.2) is 18.2 Å². The van der Waals surface area contributed by atoms with E-state index in [2.05, 4.69) is 5.32 Å². The summed E-state index contributed by atoms with van der Waals surface area (Å²) in [6.07, 6.45) is 0. The number of benzene rings is 1. The van der Waals surface area contributed by atoms with Gasteiger partial charge in [0, 0.05) is 11.3 Å². The van der Waals surface area contributed by atoms with Crippen LogP contribution in [-0.2, 0) is 9.53 Å². The summed E-state index contributed by atoms with van der Waals surface area (Å²) < 4.78 is 4.88. The van der Waals surface area contributed by atoms with Crippen LogP contribution < -0.4 is 11.1 Å². The predicted octanol–water partition coefficient (Wildman–Crippen LogP) is 1.46. The summed E-state index contributed by atoms with van der Waals surface area (Å²) >= 11 is 0. The van der Waals surface area contributed by atoms with Crippen LogP contribution >= 0.6 is 0 Å². The molecule has 18 heavy (non-hydrogen) atoms. The van der Waals surface area contributed by atoms with Crippen LogP contribution in [0.25, 0.3) is 0 Å². The second kappa shape index (κ2) is 6.05. The second-order valence-electron chi connectivity index (χ2n) is 4.01. The molecule has 5 nitrogen and oxygen atoms in total. The van der Waals surface area contributed by atoms with E-state index in [1.165, 1.54) is 0 Å². The Morgan fingerprint density at radius 1 is 1.44 bits per heavy atom. The maximum Gasteiger partial charge on any atom is 0.328 e. The topological polar surface area (TPSA) is 81.4 Å². The summed E-state index contributed by atoms with van der Waals surface area (Å²) in [7, 11) is 0. The second-order valence-corrected chi connectivity index (χ2v) is 4.01. The lowest BCUT2D eigenvalue weighted by Crippen LogP contribution is -2.28. The number of anilines is 1. The van der Waals surface area contributed by atoms with Crippen LogP contribution in [0.2, 0.25) is 0 Å². The predicted molar refractivity (Wildman–Crippen MR) is 69.4 cm³/mol. The quantitative estimate of drug-likeness (QED) is 0.775. The molecule has 1 rings (SSSR count). The Morgan fingerprint density at radius 2 is 2.11 bits per heavy atom. The zero-order valence-electron chi connectivity index (χ0n) is 10.8. The highest BCUT2D eigenvalue weighted by atomic mass is 16.5. The van der Waals surface area contributed by atoms with Gasteiger partial charge in [-0.1, -0.05) is 6.07 Å². The number of amides is 1. The molecular formula is C13H18N2O3. The van der Waals surface area contributed by atoms with E-state index in [4.69, 9.17) is 10.5 Å². The normalized spacial score (nSPS) is 11.7. The average molecular weight is 250 g/mol. The molecule has 0 saturated heterocycles. The number of esters is 1. The summed E-state index contributed by atoms with van der Waals surface area (Å²) in [6.45, 7) is 5.59. The summed E-state index contributed by atoms with van der Waals surface area (Å²) in [5.74, 6) is -0.821. The highest BCUT2D eigenvalue weighted by Gasteiger charge is 2.14. The van der Waals surface area contributed by atoms with Gasteiger partial charge in [-0.3, -0.25) is 4.79 Å². The Kier molecular flexibility index (Phi) is 4.71. The molecule has 0 aromatic heterocycles. The molecule has 0 aliphatic rings. The van der Waals surface area contributed by atoms with Gasteiger partial charge >= 0.3 is 5.97 Å². The van der Waals surface area contributed by atoms with Crippen LogP contribution in [0.3, 0.4) is 0 Å². The van der Waals surface area contributed by atoms with E-state index in [1.807, 2.05) is 0 Å². The fourth-order valence-corrected chi connectivity index (χ4v) is 1.55. The van der Waals surface area contributed by atoms with Gasteiger partial charge in [0.2, 0.25) is 5.91 Å². The van der Waals surface area contributed by atoms with E-state index in [0.29, 0.717) is 17.9 Å². The van der Waals surface area contributed by atoms with Gasteiger partial charge in [-0.2, -0.15) is 0 Å². The van der Waals surface area contributed by atoms with Crippen LogP contribution in [0, 0.1) is 6.92 Å². The van der Waals surface area contributed by atoms with Gasteiger partial charge in [-0.05, 0) is 38.5 Å².